The van der Waals surface area contributed by atoms with Crippen LogP contribution < -0.4 is 5.32 Å². The van der Waals surface area contributed by atoms with Gasteiger partial charge in [-0.2, -0.15) is 0 Å². The van der Waals surface area contributed by atoms with Crippen molar-refractivity contribution in [2.75, 3.05) is 0 Å². The molecular weight excluding hydrogens is 298 g/mol. The lowest BCUT2D eigenvalue weighted by molar-refractivity contribution is 0.0864. The maximum Gasteiger partial charge on any atom is 0.407 e. The highest BCUT2D eigenvalue weighted by Crippen LogP contribution is 2.24. The number of nitrogens with one attached hydrogen (secondary N) is 1. The van der Waals surface area contributed by atoms with Gasteiger partial charge in [-0.15, -0.1) is 0 Å². The summed E-state index contributed by atoms with van der Waals surface area (Å²) in [6.45, 7) is 6.25. The minimum absolute atomic E-state index is 0.0104. The molecule has 2 atom stereocenters. The Morgan fingerprint density at radius 1 is 1.08 bits per heavy atom. The number of benzene rings is 2. The third-order valence-electron chi connectivity index (χ3n) is 4.48. The third kappa shape index (κ3) is 4.98. The van der Waals surface area contributed by atoms with Crippen LogP contribution in [0.1, 0.15) is 64.5 Å². The van der Waals surface area contributed by atoms with E-state index < -0.39 is 0 Å². The summed E-state index contributed by atoms with van der Waals surface area (Å²) in [5.41, 5.74) is 1.11. The number of fused-ring (bicyclic) bond motifs is 1. The van der Waals surface area contributed by atoms with Gasteiger partial charge in [0.25, 0.3) is 0 Å². The molecule has 0 aliphatic heterocycles. The number of alkyl carbamates (subject to hydrolysis) is 1. The van der Waals surface area contributed by atoms with Gasteiger partial charge in [0, 0.05) is 0 Å². The van der Waals surface area contributed by atoms with Crippen molar-refractivity contribution in [1.29, 1.82) is 0 Å². The first-order valence-electron chi connectivity index (χ1n) is 9.10. The van der Waals surface area contributed by atoms with Gasteiger partial charge >= 0.3 is 6.09 Å². The minimum Gasteiger partial charge on any atom is -0.446 e. The van der Waals surface area contributed by atoms with E-state index in [-0.39, 0.29) is 18.2 Å². The lowest BCUT2D eigenvalue weighted by Crippen LogP contribution is -2.31. The van der Waals surface area contributed by atoms with Gasteiger partial charge in [-0.1, -0.05) is 69.2 Å². The molecule has 0 fully saturated rings. The first-order valence-corrected chi connectivity index (χ1v) is 9.10. The second kappa shape index (κ2) is 9.31. The number of rotatable bonds is 8. The number of amides is 1. The molecule has 0 aliphatic rings. The molecule has 24 heavy (non-hydrogen) atoms. The van der Waals surface area contributed by atoms with Gasteiger partial charge in [-0.05, 0) is 42.5 Å². The molecule has 0 saturated heterocycles. The Kier molecular flexibility index (Phi) is 7.10. The van der Waals surface area contributed by atoms with Crippen LogP contribution in [0.25, 0.3) is 10.8 Å². The van der Waals surface area contributed by atoms with Crippen LogP contribution in [0.15, 0.2) is 42.5 Å². The Labute approximate surface area is 145 Å². The molecule has 0 bridgehead atoms. The highest BCUT2D eigenvalue weighted by atomic mass is 16.6. The number of hydrogen-bond acceptors (Lipinski definition) is 2. The van der Waals surface area contributed by atoms with Crippen molar-refractivity contribution in [3.8, 4) is 0 Å². The van der Waals surface area contributed by atoms with Crippen LogP contribution in [0.5, 0.6) is 0 Å². The quantitative estimate of drug-likeness (QED) is 0.605. The predicted octanol–water partition coefficient (Wildman–Crippen LogP) is 5.99. The molecule has 0 aromatic heterocycles. The molecule has 2 aromatic rings. The number of carbonyl (C=O) groups is 1. The van der Waals surface area contributed by atoms with E-state index in [4.69, 9.17) is 4.74 Å². The van der Waals surface area contributed by atoms with Crippen LogP contribution >= 0.6 is 0 Å². The number of hydrogen-bond donors (Lipinski definition) is 1. The number of carbonyl (C=O) groups excluding carboxylic acids is 1. The maximum atomic E-state index is 12.2. The molecule has 2 unspecified atom stereocenters. The Morgan fingerprint density at radius 3 is 2.58 bits per heavy atom. The Hall–Kier alpha value is -2.03. The molecule has 0 saturated carbocycles. The molecular formula is C21H29NO2. The summed E-state index contributed by atoms with van der Waals surface area (Å²) in [6, 6.07) is 14.3. The average Bonchev–Trinajstić information content (AvgIpc) is 2.60. The first kappa shape index (κ1) is 18.3. The highest BCUT2D eigenvalue weighted by Gasteiger charge is 2.16. The lowest BCUT2D eigenvalue weighted by Gasteiger charge is -2.20. The summed E-state index contributed by atoms with van der Waals surface area (Å²) in [6.07, 6.45) is 4.98. The zero-order chi connectivity index (χ0) is 17.4. The van der Waals surface area contributed by atoms with Crippen molar-refractivity contribution >= 4 is 16.9 Å². The van der Waals surface area contributed by atoms with Crippen LogP contribution in [0.3, 0.4) is 0 Å². The molecule has 2 rings (SSSR count). The maximum absolute atomic E-state index is 12.2. The van der Waals surface area contributed by atoms with E-state index >= 15 is 0 Å². The van der Waals surface area contributed by atoms with Crippen molar-refractivity contribution in [2.24, 2.45) is 0 Å². The topological polar surface area (TPSA) is 38.3 Å². The highest BCUT2D eigenvalue weighted by molar-refractivity contribution is 5.86. The molecule has 0 heterocycles. The summed E-state index contributed by atoms with van der Waals surface area (Å²) in [4.78, 5) is 12.2. The SMILES string of the molecule is CCCCCC(CC)OC(=O)NC(C)c1cccc2ccccc12. The monoisotopic (exact) mass is 327 g/mol. The summed E-state index contributed by atoms with van der Waals surface area (Å²) in [5, 5.41) is 5.33. The molecule has 0 aliphatic carbocycles. The van der Waals surface area contributed by atoms with Gasteiger partial charge in [-0.3, -0.25) is 0 Å². The van der Waals surface area contributed by atoms with Gasteiger partial charge in [0.15, 0.2) is 0 Å². The lowest BCUT2D eigenvalue weighted by atomic mass is 10.00. The smallest absolute Gasteiger partial charge is 0.407 e. The van der Waals surface area contributed by atoms with E-state index in [9.17, 15) is 4.79 Å². The van der Waals surface area contributed by atoms with Gasteiger partial charge in [0.1, 0.15) is 6.10 Å². The van der Waals surface area contributed by atoms with Crippen molar-refractivity contribution < 1.29 is 9.53 Å². The van der Waals surface area contributed by atoms with E-state index in [0.717, 1.165) is 24.8 Å². The van der Waals surface area contributed by atoms with E-state index in [0.29, 0.717) is 0 Å². The second-order valence-electron chi connectivity index (χ2n) is 6.37. The van der Waals surface area contributed by atoms with Crippen molar-refractivity contribution in [3.63, 3.8) is 0 Å². The van der Waals surface area contributed by atoms with E-state index in [1.807, 2.05) is 25.1 Å². The minimum atomic E-state index is -0.321. The molecule has 0 spiro atoms. The normalized spacial score (nSPS) is 13.5. The molecule has 2 aromatic carbocycles. The molecule has 3 heteroatoms. The first-order chi connectivity index (χ1) is 11.7. The summed E-state index contributed by atoms with van der Waals surface area (Å²) in [7, 11) is 0. The Balaban J connectivity index is 1.97. The van der Waals surface area contributed by atoms with Gasteiger partial charge < -0.3 is 10.1 Å². The van der Waals surface area contributed by atoms with Gasteiger partial charge in [-0.25, -0.2) is 4.79 Å². The largest absolute Gasteiger partial charge is 0.446 e. The third-order valence-corrected chi connectivity index (χ3v) is 4.48. The summed E-state index contributed by atoms with van der Waals surface area (Å²) in [5.74, 6) is 0. The van der Waals surface area contributed by atoms with Crippen LogP contribution in [0, 0.1) is 0 Å². The number of unbranched alkanes of at least 4 members (excludes halogenated alkanes) is 2. The fraction of sp³-hybridized carbons (Fsp3) is 0.476. The molecule has 0 radical (unpaired) electrons. The van der Waals surface area contributed by atoms with E-state index in [1.165, 1.54) is 23.6 Å². The summed E-state index contributed by atoms with van der Waals surface area (Å²) >= 11 is 0. The molecule has 1 N–H and O–H groups in total. The Morgan fingerprint density at radius 2 is 1.83 bits per heavy atom. The van der Waals surface area contributed by atoms with Gasteiger partial charge in [0.2, 0.25) is 0 Å². The zero-order valence-electron chi connectivity index (χ0n) is 15.0. The van der Waals surface area contributed by atoms with E-state index in [1.54, 1.807) is 0 Å². The van der Waals surface area contributed by atoms with E-state index in [2.05, 4.69) is 43.4 Å². The van der Waals surface area contributed by atoms with Crippen molar-refractivity contribution in [3.05, 3.63) is 48.0 Å². The number of ether oxygens (including phenoxy) is 1. The fourth-order valence-electron chi connectivity index (χ4n) is 3.04. The Bertz CT molecular complexity index is 648. The van der Waals surface area contributed by atoms with Gasteiger partial charge in [0.05, 0.1) is 6.04 Å². The van der Waals surface area contributed by atoms with Crippen molar-refractivity contribution in [1.82, 2.24) is 5.32 Å². The second-order valence-corrected chi connectivity index (χ2v) is 6.37. The fourth-order valence-corrected chi connectivity index (χ4v) is 3.04. The predicted molar refractivity (Wildman–Crippen MR) is 100 cm³/mol. The zero-order valence-corrected chi connectivity index (χ0v) is 15.0. The van der Waals surface area contributed by atoms with Crippen LogP contribution in [-0.2, 0) is 4.74 Å². The van der Waals surface area contributed by atoms with Crippen LogP contribution in [-0.4, -0.2) is 12.2 Å². The van der Waals surface area contributed by atoms with Crippen LogP contribution in [0.2, 0.25) is 0 Å². The average molecular weight is 327 g/mol. The molecule has 1 amide bonds. The molecule has 3 nitrogen and oxygen atoms in total. The van der Waals surface area contributed by atoms with Crippen LogP contribution in [0.4, 0.5) is 4.79 Å². The summed E-state index contributed by atoms with van der Waals surface area (Å²) < 4.78 is 5.60. The molecule has 130 valence electrons. The standard InChI is InChI=1S/C21H29NO2/c1-4-6-7-13-18(5-2)24-21(23)22-16(3)19-15-10-12-17-11-8-9-14-20(17)19/h8-12,14-16,18H,4-7,13H2,1-3H3,(H,22,23). The van der Waals surface area contributed by atoms with Crippen molar-refractivity contribution in [2.45, 2.75) is 65.0 Å².